The van der Waals surface area contributed by atoms with Crippen LogP contribution >= 0.6 is 11.3 Å². The summed E-state index contributed by atoms with van der Waals surface area (Å²) in [4.78, 5) is 24.7. The second-order valence-electron chi connectivity index (χ2n) is 9.55. The van der Waals surface area contributed by atoms with E-state index in [2.05, 4.69) is 20.9 Å². The topological polar surface area (TPSA) is 55.3 Å². The number of benzene rings is 1. The molecule has 4 aromatic rings. The van der Waals surface area contributed by atoms with Crippen LogP contribution in [-0.2, 0) is 17.8 Å². The van der Waals surface area contributed by atoms with E-state index in [4.69, 9.17) is 4.74 Å². The summed E-state index contributed by atoms with van der Waals surface area (Å²) in [5.41, 5.74) is 3.57. The van der Waals surface area contributed by atoms with Crippen molar-refractivity contribution in [3.05, 3.63) is 71.8 Å². The van der Waals surface area contributed by atoms with Crippen LogP contribution in [0.25, 0.3) is 20.8 Å². The molecule has 5 nitrogen and oxygen atoms in total. The van der Waals surface area contributed by atoms with E-state index < -0.39 is 5.82 Å². The van der Waals surface area contributed by atoms with Crippen LogP contribution in [0.1, 0.15) is 36.8 Å². The molecule has 2 fully saturated rings. The van der Waals surface area contributed by atoms with Gasteiger partial charge in [-0.3, -0.25) is 19.7 Å². The van der Waals surface area contributed by atoms with Gasteiger partial charge in [0.1, 0.15) is 11.5 Å². The lowest BCUT2D eigenvalue weighted by molar-refractivity contribution is -0.118. The molecule has 0 radical (unpaired) electrons. The van der Waals surface area contributed by atoms with Crippen LogP contribution in [0.4, 0.5) is 4.39 Å². The van der Waals surface area contributed by atoms with Crippen molar-refractivity contribution in [2.45, 2.75) is 38.6 Å². The Labute approximate surface area is 207 Å². The Morgan fingerprint density at radius 1 is 1.06 bits per heavy atom. The minimum Gasteiger partial charge on any atom is -0.453 e. The molecule has 0 atom stereocenters. The summed E-state index contributed by atoms with van der Waals surface area (Å²) in [6.07, 6.45) is 8.03. The first-order valence-corrected chi connectivity index (χ1v) is 13.0. The van der Waals surface area contributed by atoms with E-state index in [9.17, 15) is 9.18 Å². The molecule has 0 spiro atoms. The van der Waals surface area contributed by atoms with Crippen LogP contribution in [0.5, 0.6) is 11.5 Å². The Balaban J connectivity index is 1.19. The number of nitrogens with zero attached hydrogens (tertiary/aromatic N) is 3. The first-order chi connectivity index (χ1) is 17.1. The molecule has 1 saturated heterocycles. The predicted molar refractivity (Wildman–Crippen MR) is 135 cm³/mol. The Morgan fingerprint density at radius 3 is 2.63 bits per heavy atom. The van der Waals surface area contributed by atoms with Gasteiger partial charge in [0.05, 0.1) is 20.8 Å². The lowest BCUT2D eigenvalue weighted by Crippen LogP contribution is -2.36. The highest BCUT2D eigenvalue weighted by molar-refractivity contribution is 7.22. The third-order valence-corrected chi connectivity index (χ3v) is 7.80. The molecule has 0 amide bonds. The van der Waals surface area contributed by atoms with E-state index in [-0.39, 0.29) is 18.0 Å². The summed E-state index contributed by atoms with van der Waals surface area (Å²) in [6, 6.07) is 12.7. The Hall–Kier alpha value is -3.16. The number of pyridine rings is 2. The summed E-state index contributed by atoms with van der Waals surface area (Å²) in [7, 11) is 0. The number of rotatable bonds is 9. The summed E-state index contributed by atoms with van der Waals surface area (Å²) in [6.45, 7) is 3.26. The van der Waals surface area contributed by atoms with Gasteiger partial charge in [-0.25, -0.2) is 4.39 Å². The van der Waals surface area contributed by atoms with Gasteiger partial charge in [-0.05, 0) is 73.7 Å². The van der Waals surface area contributed by atoms with Gasteiger partial charge in [-0.2, -0.15) is 0 Å². The average molecular weight is 488 g/mol. The molecule has 4 heterocycles. The maximum atomic E-state index is 14.8. The number of carbonyl (C=O) groups is 1. The van der Waals surface area contributed by atoms with Gasteiger partial charge in [-0.15, -0.1) is 11.3 Å². The van der Waals surface area contributed by atoms with Gasteiger partial charge < -0.3 is 4.74 Å². The van der Waals surface area contributed by atoms with Crippen LogP contribution in [0.15, 0.2) is 54.9 Å². The highest BCUT2D eigenvalue weighted by Gasteiger charge is 2.24. The SMILES string of the molecule is O=C(Cc1ccc(Oc2ccnc3cc(-c4ccc(CN5CCC5)cn4)sc23)c(F)c1)CC1CC1. The normalized spacial score (nSPS) is 15.8. The highest BCUT2D eigenvalue weighted by atomic mass is 32.1. The van der Waals surface area contributed by atoms with E-state index >= 15 is 0 Å². The zero-order valence-corrected chi connectivity index (χ0v) is 20.2. The maximum absolute atomic E-state index is 14.8. The number of ketones is 1. The standard InChI is InChI=1S/C28H26FN3O2S/c29-22-14-19(13-21(33)12-18-2-3-18)5-7-25(22)34-26-8-9-30-24-15-27(35-28(24)26)23-6-4-20(16-31-23)17-32-10-1-11-32/h4-9,14-16,18H,1-3,10-13,17H2. The predicted octanol–water partition coefficient (Wildman–Crippen LogP) is 6.41. The molecule has 6 rings (SSSR count). The summed E-state index contributed by atoms with van der Waals surface area (Å²) in [5, 5.41) is 0. The van der Waals surface area contributed by atoms with Crippen LogP contribution in [0, 0.1) is 11.7 Å². The average Bonchev–Trinajstić information content (AvgIpc) is 3.52. The molecule has 1 aromatic carbocycles. The minimum atomic E-state index is -0.470. The van der Waals surface area contributed by atoms with E-state index in [1.54, 1.807) is 24.4 Å². The number of ether oxygens (including phenoxy) is 1. The fourth-order valence-corrected chi connectivity index (χ4v) is 5.42. The molecule has 0 N–H and O–H groups in total. The molecular formula is C28H26FN3O2S. The van der Waals surface area contributed by atoms with Crippen molar-refractivity contribution in [1.82, 2.24) is 14.9 Å². The fraction of sp³-hybridized carbons (Fsp3) is 0.321. The van der Waals surface area contributed by atoms with E-state index in [0.29, 0.717) is 23.7 Å². The Kier molecular flexibility index (Phi) is 6.04. The van der Waals surface area contributed by atoms with E-state index in [1.165, 1.54) is 29.4 Å². The molecule has 1 saturated carbocycles. The van der Waals surface area contributed by atoms with Gasteiger partial charge in [0.15, 0.2) is 11.6 Å². The van der Waals surface area contributed by atoms with Gasteiger partial charge >= 0.3 is 0 Å². The largest absolute Gasteiger partial charge is 0.453 e. The van der Waals surface area contributed by atoms with Crippen molar-refractivity contribution in [2.24, 2.45) is 5.92 Å². The van der Waals surface area contributed by atoms with Crippen LogP contribution in [-0.4, -0.2) is 33.7 Å². The molecule has 2 aliphatic rings. The summed E-state index contributed by atoms with van der Waals surface area (Å²) >= 11 is 1.53. The van der Waals surface area contributed by atoms with Gasteiger partial charge in [-0.1, -0.05) is 12.1 Å². The van der Waals surface area contributed by atoms with Gasteiger partial charge in [0.25, 0.3) is 0 Å². The number of fused-ring (bicyclic) bond motifs is 1. The number of Topliss-reactive ketones (excluding diaryl/α,β-unsaturated/α-hetero) is 1. The van der Waals surface area contributed by atoms with Crippen molar-refractivity contribution in [1.29, 1.82) is 0 Å². The molecule has 1 aliphatic carbocycles. The summed E-state index contributed by atoms with van der Waals surface area (Å²) in [5.74, 6) is 0.933. The zero-order chi connectivity index (χ0) is 23.8. The van der Waals surface area contributed by atoms with E-state index in [0.717, 1.165) is 53.3 Å². The van der Waals surface area contributed by atoms with Crippen molar-refractivity contribution < 1.29 is 13.9 Å². The molecular weight excluding hydrogens is 461 g/mol. The van der Waals surface area contributed by atoms with Gasteiger partial charge in [0, 0.05) is 37.8 Å². The fourth-order valence-electron chi connectivity index (χ4n) is 4.38. The quantitative estimate of drug-likeness (QED) is 0.273. The third kappa shape index (κ3) is 5.11. The smallest absolute Gasteiger partial charge is 0.166 e. The number of carbonyl (C=O) groups excluding carboxylic acids is 1. The lowest BCUT2D eigenvalue weighted by Gasteiger charge is -2.30. The maximum Gasteiger partial charge on any atom is 0.166 e. The minimum absolute atomic E-state index is 0.138. The van der Waals surface area contributed by atoms with Crippen molar-refractivity contribution in [3.8, 4) is 22.1 Å². The number of hydrogen-bond acceptors (Lipinski definition) is 6. The molecule has 178 valence electrons. The second-order valence-corrected chi connectivity index (χ2v) is 10.6. The monoisotopic (exact) mass is 487 g/mol. The molecule has 7 heteroatoms. The Bertz CT molecular complexity index is 1380. The van der Waals surface area contributed by atoms with Crippen molar-refractivity contribution in [3.63, 3.8) is 0 Å². The highest BCUT2D eigenvalue weighted by Crippen LogP contribution is 2.39. The number of likely N-dealkylation sites (tertiary alicyclic amines) is 1. The molecule has 0 bridgehead atoms. The number of aromatic nitrogens is 2. The van der Waals surface area contributed by atoms with E-state index in [1.807, 2.05) is 18.3 Å². The molecule has 35 heavy (non-hydrogen) atoms. The summed E-state index contributed by atoms with van der Waals surface area (Å²) < 4.78 is 21.6. The zero-order valence-electron chi connectivity index (χ0n) is 19.4. The first-order valence-electron chi connectivity index (χ1n) is 12.1. The van der Waals surface area contributed by atoms with Crippen LogP contribution < -0.4 is 4.74 Å². The number of halogens is 1. The molecule has 0 unspecified atom stereocenters. The number of thiophene rings is 1. The first kappa shape index (κ1) is 22.3. The van der Waals surface area contributed by atoms with Crippen molar-refractivity contribution in [2.75, 3.05) is 13.1 Å². The third-order valence-electron chi connectivity index (χ3n) is 6.64. The van der Waals surface area contributed by atoms with Crippen molar-refractivity contribution >= 4 is 27.3 Å². The molecule has 1 aliphatic heterocycles. The molecule has 3 aromatic heterocycles. The number of hydrogen-bond donors (Lipinski definition) is 0. The lowest BCUT2D eigenvalue weighted by atomic mass is 10.0. The van der Waals surface area contributed by atoms with Gasteiger partial charge in [0.2, 0.25) is 0 Å². The van der Waals surface area contributed by atoms with Crippen LogP contribution in [0.3, 0.4) is 0 Å². The Morgan fingerprint density at radius 2 is 1.91 bits per heavy atom. The second kappa shape index (κ2) is 9.47. The van der Waals surface area contributed by atoms with Crippen LogP contribution in [0.2, 0.25) is 0 Å².